The summed E-state index contributed by atoms with van der Waals surface area (Å²) in [6, 6.07) is 0.107. The zero-order valence-corrected chi connectivity index (χ0v) is 18.2. The van der Waals surface area contributed by atoms with Crippen molar-refractivity contribution in [1.29, 1.82) is 0 Å². The van der Waals surface area contributed by atoms with E-state index in [9.17, 15) is 4.79 Å². The van der Waals surface area contributed by atoms with E-state index < -0.39 is 0 Å². The van der Waals surface area contributed by atoms with Crippen LogP contribution in [-0.4, -0.2) is 53.8 Å². The summed E-state index contributed by atoms with van der Waals surface area (Å²) in [6.45, 7) is 22.4. The lowest BCUT2D eigenvalue weighted by molar-refractivity contribution is -0.130. The lowest BCUT2D eigenvalue weighted by Gasteiger charge is -2.50. The van der Waals surface area contributed by atoms with Gasteiger partial charge in [0.2, 0.25) is 5.91 Å². The molecule has 0 spiro atoms. The maximum Gasteiger partial charge on any atom is 0.236 e. The van der Waals surface area contributed by atoms with E-state index >= 15 is 0 Å². The quantitative estimate of drug-likeness (QED) is 0.779. The summed E-state index contributed by atoms with van der Waals surface area (Å²) in [5, 5.41) is 0. The Labute approximate surface area is 159 Å². The molecular formula is C21H38N4O. The van der Waals surface area contributed by atoms with E-state index in [2.05, 4.69) is 67.2 Å². The van der Waals surface area contributed by atoms with Crippen LogP contribution in [0.3, 0.4) is 0 Å². The number of hydrogen-bond acceptors (Lipinski definition) is 4. The highest BCUT2D eigenvalue weighted by molar-refractivity contribution is 5.91. The van der Waals surface area contributed by atoms with Gasteiger partial charge in [-0.1, -0.05) is 62.3 Å². The molecule has 0 aliphatic carbocycles. The van der Waals surface area contributed by atoms with Gasteiger partial charge in [0.25, 0.3) is 0 Å². The van der Waals surface area contributed by atoms with Crippen molar-refractivity contribution in [2.75, 3.05) is 26.2 Å². The van der Waals surface area contributed by atoms with E-state index in [0.29, 0.717) is 13.1 Å². The Morgan fingerprint density at radius 3 is 2.04 bits per heavy atom. The third-order valence-electron chi connectivity index (χ3n) is 5.18. The van der Waals surface area contributed by atoms with Crippen LogP contribution >= 0.6 is 0 Å². The second-order valence-corrected chi connectivity index (χ2v) is 10.8. The predicted molar refractivity (Wildman–Crippen MR) is 109 cm³/mol. The molecule has 1 amide bonds. The Morgan fingerprint density at radius 1 is 1.04 bits per heavy atom. The summed E-state index contributed by atoms with van der Waals surface area (Å²) in [4.78, 5) is 21.9. The molecule has 0 aromatic carbocycles. The number of nitrogens with zero attached hydrogens (tertiary/aromatic N) is 3. The summed E-state index contributed by atoms with van der Waals surface area (Å²) in [5.74, 6) is 1.16. The summed E-state index contributed by atoms with van der Waals surface area (Å²) in [5.41, 5.74) is 8.20. The number of amides is 1. The van der Waals surface area contributed by atoms with Crippen molar-refractivity contribution in [2.24, 2.45) is 27.0 Å². The fourth-order valence-corrected chi connectivity index (χ4v) is 3.99. The van der Waals surface area contributed by atoms with Gasteiger partial charge in [-0.3, -0.25) is 9.79 Å². The van der Waals surface area contributed by atoms with Gasteiger partial charge in [0.15, 0.2) is 0 Å². The monoisotopic (exact) mass is 362 g/mol. The molecule has 0 bridgehead atoms. The fraction of sp³-hybridized carbons (Fsp3) is 0.810. The lowest BCUT2D eigenvalue weighted by atomic mass is 9.70. The third kappa shape index (κ3) is 3.98. The number of rotatable bonds is 1. The smallest absolute Gasteiger partial charge is 0.236 e. The molecule has 1 saturated heterocycles. The van der Waals surface area contributed by atoms with E-state index in [-0.39, 0.29) is 34.7 Å². The number of carbonyl (C=O) groups excluding carboxylic acids is 1. The highest BCUT2D eigenvalue weighted by Crippen LogP contribution is 2.45. The van der Waals surface area contributed by atoms with Gasteiger partial charge < -0.3 is 15.5 Å². The maximum atomic E-state index is 12.3. The number of amidine groups is 1. The first-order chi connectivity index (χ1) is 11.7. The minimum atomic E-state index is -0.0434. The lowest BCUT2D eigenvalue weighted by Crippen LogP contribution is -2.57. The normalized spacial score (nSPS) is 22.4. The second-order valence-electron chi connectivity index (χ2n) is 10.8. The van der Waals surface area contributed by atoms with E-state index in [1.807, 2.05) is 4.90 Å². The van der Waals surface area contributed by atoms with Gasteiger partial charge in [0.1, 0.15) is 5.84 Å². The fourth-order valence-electron chi connectivity index (χ4n) is 3.99. The van der Waals surface area contributed by atoms with E-state index in [1.54, 1.807) is 0 Å². The molecule has 1 fully saturated rings. The predicted octanol–water partition coefficient (Wildman–Crippen LogP) is 3.26. The Balaban J connectivity index is 2.66. The van der Waals surface area contributed by atoms with Crippen molar-refractivity contribution < 1.29 is 4.79 Å². The Kier molecular flexibility index (Phi) is 5.37. The Hall–Kier alpha value is -1.36. The van der Waals surface area contributed by atoms with Crippen LogP contribution in [0, 0.1) is 16.2 Å². The first-order valence-corrected chi connectivity index (χ1v) is 9.75. The summed E-state index contributed by atoms with van der Waals surface area (Å²) in [7, 11) is 0. The number of carbonyl (C=O) groups is 1. The van der Waals surface area contributed by atoms with Crippen molar-refractivity contribution in [1.82, 2.24) is 9.80 Å². The van der Waals surface area contributed by atoms with Crippen molar-refractivity contribution in [3.05, 3.63) is 11.3 Å². The van der Waals surface area contributed by atoms with Crippen LogP contribution in [-0.2, 0) is 4.79 Å². The molecule has 1 atom stereocenters. The number of fused-ring (bicyclic) bond motifs is 1. The molecule has 2 aliphatic heterocycles. The minimum Gasteiger partial charge on any atom is -0.334 e. The van der Waals surface area contributed by atoms with E-state index in [0.717, 1.165) is 12.4 Å². The molecule has 0 radical (unpaired) electrons. The summed E-state index contributed by atoms with van der Waals surface area (Å²) < 4.78 is 0. The standard InChI is InChI=1S/C21H38N4O/c1-19(2,3)16-14-13-24(15(26)12-22)10-11-25(14)18(21(7,8)9)23-17(16)20(4,5)6/h17H,10-13,22H2,1-9H3. The van der Waals surface area contributed by atoms with Gasteiger partial charge in [-0.05, 0) is 16.4 Å². The molecular weight excluding hydrogens is 324 g/mol. The largest absolute Gasteiger partial charge is 0.334 e. The van der Waals surface area contributed by atoms with Gasteiger partial charge in [-0.15, -0.1) is 0 Å². The number of hydrogen-bond donors (Lipinski definition) is 1. The highest BCUT2D eigenvalue weighted by atomic mass is 16.2. The van der Waals surface area contributed by atoms with Crippen LogP contribution < -0.4 is 5.73 Å². The average molecular weight is 363 g/mol. The molecule has 2 aliphatic rings. The maximum absolute atomic E-state index is 12.3. The molecule has 5 nitrogen and oxygen atoms in total. The van der Waals surface area contributed by atoms with E-state index in [1.165, 1.54) is 11.3 Å². The van der Waals surface area contributed by atoms with Gasteiger partial charge >= 0.3 is 0 Å². The van der Waals surface area contributed by atoms with Gasteiger partial charge in [0, 0.05) is 24.2 Å². The molecule has 5 heteroatoms. The second kappa shape index (κ2) is 6.66. The molecule has 2 rings (SSSR count). The van der Waals surface area contributed by atoms with Crippen molar-refractivity contribution in [2.45, 2.75) is 68.4 Å². The van der Waals surface area contributed by atoms with Crippen molar-refractivity contribution in [3.8, 4) is 0 Å². The molecule has 2 N–H and O–H groups in total. The van der Waals surface area contributed by atoms with Crippen molar-refractivity contribution >= 4 is 11.7 Å². The number of piperazine rings is 1. The highest BCUT2D eigenvalue weighted by Gasteiger charge is 2.45. The van der Waals surface area contributed by atoms with Gasteiger partial charge in [0.05, 0.1) is 19.1 Å². The van der Waals surface area contributed by atoms with Crippen LogP contribution in [0.2, 0.25) is 0 Å². The zero-order valence-electron chi connectivity index (χ0n) is 18.2. The van der Waals surface area contributed by atoms with Gasteiger partial charge in [-0.25, -0.2) is 0 Å². The topological polar surface area (TPSA) is 61.9 Å². The van der Waals surface area contributed by atoms with Crippen molar-refractivity contribution in [3.63, 3.8) is 0 Å². The molecule has 148 valence electrons. The molecule has 2 heterocycles. The first kappa shape index (κ1) is 20.9. The van der Waals surface area contributed by atoms with Gasteiger partial charge in [-0.2, -0.15) is 0 Å². The van der Waals surface area contributed by atoms with Crippen LogP contribution in [0.4, 0.5) is 0 Å². The SMILES string of the molecule is CC(C)(C)C1=NC(C(C)(C)C)C(C(C)(C)C)=C2CN(C(=O)CN)CCN12. The Morgan fingerprint density at radius 2 is 1.62 bits per heavy atom. The van der Waals surface area contributed by atoms with E-state index in [4.69, 9.17) is 10.7 Å². The molecule has 1 unspecified atom stereocenters. The van der Waals surface area contributed by atoms with Crippen LogP contribution in [0.25, 0.3) is 0 Å². The van der Waals surface area contributed by atoms with Crippen LogP contribution in [0.5, 0.6) is 0 Å². The first-order valence-electron chi connectivity index (χ1n) is 9.75. The van der Waals surface area contributed by atoms with Crippen LogP contribution in [0.15, 0.2) is 16.3 Å². The molecule has 0 aromatic rings. The Bertz CT molecular complexity index is 626. The molecule has 26 heavy (non-hydrogen) atoms. The summed E-state index contributed by atoms with van der Waals surface area (Å²) in [6.07, 6.45) is 0. The third-order valence-corrected chi connectivity index (χ3v) is 5.18. The molecule has 0 saturated carbocycles. The number of aliphatic imine (C=N–C) groups is 1. The minimum absolute atomic E-state index is 0.0123. The summed E-state index contributed by atoms with van der Waals surface area (Å²) >= 11 is 0. The molecule has 0 aromatic heterocycles. The van der Waals surface area contributed by atoms with Crippen LogP contribution in [0.1, 0.15) is 62.3 Å². The number of nitrogens with two attached hydrogens (primary N) is 1. The zero-order chi connectivity index (χ0) is 20.1. The average Bonchev–Trinajstić information content (AvgIpc) is 2.48.